The molecule has 9 aromatic rings. The molecule has 3 heterocycles. The van der Waals surface area contributed by atoms with Gasteiger partial charge in [-0.3, -0.25) is 0 Å². The zero-order valence-corrected chi connectivity index (χ0v) is 28.4. The SMILES string of the molecule is CC1(C)c2ccccc2-c2ccc(-c3nc(-c4ccccc4)nc(-c4ccc(-c5nc6sc7ccccc7c6c6ccccc56)cc4)n3)cc21. The van der Waals surface area contributed by atoms with Crippen molar-refractivity contribution in [1.82, 2.24) is 19.9 Å². The molecule has 0 bridgehead atoms. The minimum Gasteiger partial charge on any atom is -0.236 e. The van der Waals surface area contributed by atoms with E-state index in [1.54, 1.807) is 11.3 Å². The van der Waals surface area contributed by atoms with Crippen molar-refractivity contribution in [3.63, 3.8) is 0 Å². The van der Waals surface area contributed by atoms with E-state index in [0.717, 1.165) is 38.2 Å². The molecule has 50 heavy (non-hydrogen) atoms. The summed E-state index contributed by atoms with van der Waals surface area (Å²) in [5.74, 6) is 1.96. The Kier molecular flexibility index (Phi) is 6.36. The topological polar surface area (TPSA) is 51.6 Å². The number of pyridine rings is 1. The van der Waals surface area contributed by atoms with Gasteiger partial charge in [-0.25, -0.2) is 19.9 Å². The van der Waals surface area contributed by atoms with Crippen molar-refractivity contribution in [3.05, 3.63) is 157 Å². The number of benzene rings is 6. The summed E-state index contributed by atoms with van der Waals surface area (Å²) >= 11 is 1.75. The minimum absolute atomic E-state index is 0.118. The van der Waals surface area contributed by atoms with Crippen molar-refractivity contribution in [1.29, 1.82) is 0 Å². The summed E-state index contributed by atoms with van der Waals surface area (Å²) < 4.78 is 1.25. The van der Waals surface area contributed by atoms with Crippen molar-refractivity contribution >= 4 is 42.4 Å². The van der Waals surface area contributed by atoms with E-state index < -0.39 is 0 Å². The van der Waals surface area contributed by atoms with E-state index in [4.69, 9.17) is 19.9 Å². The number of nitrogens with zero attached hydrogens (tertiary/aromatic N) is 4. The first-order valence-electron chi connectivity index (χ1n) is 16.9. The van der Waals surface area contributed by atoms with E-state index in [2.05, 4.69) is 141 Å². The van der Waals surface area contributed by atoms with Crippen LogP contribution in [0.4, 0.5) is 0 Å². The van der Waals surface area contributed by atoms with E-state index >= 15 is 0 Å². The van der Waals surface area contributed by atoms with Crippen LogP contribution in [0, 0.1) is 0 Å². The van der Waals surface area contributed by atoms with E-state index in [1.807, 2.05) is 18.2 Å². The van der Waals surface area contributed by atoms with Gasteiger partial charge in [-0.1, -0.05) is 147 Å². The minimum atomic E-state index is -0.118. The molecule has 236 valence electrons. The predicted octanol–water partition coefficient (Wildman–Crippen LogP) is 11.8. The highest BCUT2D eigenvalue weighted by atomic mass is 32.1. The smallest absolute Gasteiger partial charge is 0.164 e. The summed E-state index contributed by atoms with van der Waals surface area (Å²) in [6.07, 6.45) is 0. The van der Waals surface area contributed by atoms with E-state index in [-0.39, 0.29) is 5.41 Å². The summed E-state index contributed by atoms with van der Waals surface area (Å²) in [7, 11) is 0. The van der Waals surface area contributed by atoms with E-state index in [0.29, 0.717) is 17.5 Å². The number of hydrogen-bond acceptors (Lipinski definition) is 5. The van der Waals surface area contributed by atoms with E-state index in [9.17, 15) is 0 Å². The molecule has 0 atom stereocenters. The molecule has 0 saturated carbocycles. The Morgan fingerprint density at radius 1 is 0.440 bits per heavy atom. The third-order valence-electron chi connectivity index (χ3n) is 10.2. The Balaban J connectivity index is 1.10. The molecular formula is C45H30N4S. The molecule has 6 aromatic carbocycles. The van der Waals surface area contributed by atoms with Gasteiger partial charge in [-0.05, 0) is 39.8 Å². The van der Waals surface area contributed by atoms with Gasteiger partial charge in [-0.2, -0.15) is 0 Å². The number of thiophene rings is 1. The fraction of sp³-hybridized carbons (Fsp3) is 0.0667. The summed E-state index contributed by atoms with van der Waals surface area (Å²) in [5.41, 5.74) is 10.00. The Bertz CT molecular complexity index is 2780. The van der Waals surface area contributed by atoms with Gasteiger partial charge in [0.05, 0.1) is 5.69 Å². The lowest BCUT2D eigenvalue weighted by Gasteiger charge is -2.21. The van der Waals surface area contributed by atoms with Crippen LogP contribution < -0.4 is 0 Å². The Labute approximate surface area is 293 Å². The summed E-state index contributed by atoms with van der Waals surface area (Å²) in [6, 6.07) is 51.2. The fourth-order valence-corrected chi connectivity index (χ4v) is 8.73. The molecular weight excluding hydrogens is 629 g/mol. The first-order valence-corrected chi connectivity index (χ1v) is 17.7. The van der Waals surface area contributed by atoms with Gasteiger partial charge in [0.2, 0.25) is 0 Å². The molecule has 4 nitrogen and oxygen atoms in total. The lowest BCUT2D eigenvalue weighted by atomic mass is 9.82. The molecule has 0 aliphatic heterocycles. The molecule has 0 fully saturated rings. The maximum atomic E-state index is 5.25. The van der Waals surface area contributed by atoms with Crippen LogP contribution in [0.3, 0.4) is 0 Å². The van der Waals surface area contributed by atoms with Gasteiger partial charge in [0, 0.05) is 48.5 Å². The van der Waals surface area contributed by atoms with Gasteiger partial charge in [0.1, 0.15) is 4.83 Å². The molecule has 0 radical (unpaired) electrons. The van der Waals surface area contributed by atoms with Crippen molar-refractivity contribution in [2.24, 2.45) is 0 Å². The highest BCUT2D eigenvalue weighted by Gasteiger charge is 2.35. The maximum absolute atomic E-state index is 5.25. The van der Waals surface area contributed by atoms with Crippen molar-refractivity contribution in [3.8, 4) is 56.5 Å². The molecule has 0 amide bonds. The fourth-order valence-electron chi connectivity index (χ4n) is 7.63. The molecule has 5 heteroatoms. The molecule has 10 rings (SSSR count). The average Bonchev–Trinajstić information content (AvgIpc) is 3.66. The largest absolute Gasteiger partial charge is 0.236 e. The van der Waals surface area contributed by atoms with Crippen LogP contribution in [0.2, 0.25) is 0 Å². The number of fused-ring (bicyclic) bond motifs is 8. The molecule has 0 N–H and O–H groups in total. The number of rotatable bonds is 4. The standard InChI is InChI=1S/C45H30N4S/c1-45(2)36-18-10-8-14-31(36)32-25-24-30(26-37(32)45)43-48-41(28-12-4-3-5-13-28)47-42(49-43)29-22-20-27(21-23-29)40-34-16-7-6-15-33(34)39-35-17-9-11-19-38(35)50-44(39)46-40/h3-26H,1-2H3. The molecule has 0 unspecified atom stereocenters. The second kappa shape index (κ2) is 11.0. The summed E-state index contributed by atoms with van der Waals surface area (Å²) in [6.45, 7) is 4.60. The third kappa shape index (κ3) is 4.44. The molecule has 3 aromatic heterocycles. The quantitative estimate of drug-likeness (QED) is 0.189. The molecule has 1 aliphatic rings. The van der Waals surface area contributed by atoms with Gasteiger partial charge in [0.15, 0.2) is 17.5 Å². The van der Waals surface area contributed by atoms with Crippen molar-refractivity contribution < 1.29 is 0 Å². The summed E-state index contributed by atoms with van der Waals surface area (Å²) in [5, 5.41) is 4.86. The molecule has 0 saturated heterocycles. The molecule has 0 spiro atoms. The second-order valence-corrected chi connectivity index (χ2v) is 14.5. The number of hydrogen-bond donors (Lipinski definition) is 0. The Morgan fingerprint density at radius 3 is 1.78 bits per heavy atom. The van der Waals surface area contributed by atoms with Crippen molar-refractivity contribution in [2.75, 3.05) is 0 Å². The zero-order valence-electron chi connectivity index (χ0n) is 27.6. The maximum Gasteiger partial charge on any atom is 0.164 e. The van der Waals surface area contributed by atoms with Gasteiger partial charge < -0.3 is 0 Å². The van der Waals surface area contributed by atoms with Crippen LogP contribution in [-0.2, 0) is 5.41 Å². The highest BCUT2D eigenvalue weighted by molar-refractivity contribution is 7.25. The lowest BCUT2D eigenvalue weighted by molar-refractivity contribution is 0.660. The lowest BCUT2D eigenvalue weighted by Crippen LogP contribution is -2.15. The van der Waals surface area contributed by atoms with Crippen LogP contribution in [0.5, 0.6) is 0 Å². The van der Waals surface area contributed by atoms with Crippen LogP contribution in [0.25, 0.3) is 87.6 Å². The van der Waals surface area contributed by atoms with Crippen LogP contribution in [-0.4, -0.2) is 19.9 Å². The van der Waals surface area contributed by atoms with Crippen LogP contribution in [0.1, 0.15) is 25.0 Å². The Morgan fingerprint density at radius 2 is 1.00 bits per heavy atom. The zero-order chi connectivity index (χ0) is 33.4. The normalized spacial score (nSPS) is 13.2. The third-order valence-corrected chi connectivity index (χ3v) is 11.2. The van der Waals surface area contributed by atoms with Crippen LogP contribution >= 0.6 is 11.3 Å². The highest BCUT2D eigenvalue weighted by Crippen LogP contribution is 2.49. The van der Waals surface area contributed by atoms with E-state index in [1.165, 1.54) is 43.1 Å². The average molecular weight is 659 g/mol. The first-order chi connectivity index (χ1) is 24.5. The van der Waals surface area contributed by atoms with Gasteiger partial charge in [0.25, 0.3) is 0 Å². The van der Waals surface area contributed by atoms with Crippen LogP contribution in [0.15, 0.2) is 146 Å². The summed E-state index contributed by atoms with van der Waals surface area (Å²) in [4.78, 5) is 21.5. The predicted molar refractivity (Wildman–Crippen MR) is 207 cm³/mol. The van der Waals surface area contributed by atoms with Gasteiger partial charge >= 0.3 is 0 Å². The number of aromatic nitrogens is 4. The Hall–Kier alpha value is -6.04. The molecule has 1 aliphatic carbocycles. The van der Waals surface area contributed by atoms with Crippen molar-refractivity contribution in [2.45, 2.75) is 19.3 Å². The van der Waals surface area contributed by atoms with Gasteiger partial charge in [-0.15, -0.1) is 11.3 Å². The monoisotopic (exact) mass is 658 g/mol. The first kappa shape index (κ1) is 28.9. The second-order valence-electron chi connectivity index (χ2n) is 13.5.